The zero-order valence-corrected chi connectivity index (χ0v) is 15.3. The Hall–Kier alpha value is -2.18. The van der Waals surface area contributed by atoms with Gasteiger partial charge in [0.15, 0.2) is 5.82 Å². The summed E-state index contributed by atoms with van der Waals surface area (Å²) < 4.78 is 7.27. The summed E-state index contributed by atoms with van der Waals surface area (Å²) in [4.78, 5) is 19.3. The van der Waals surface area contributed by atoms with E-state index >= 15 is 0 Å². The number of aromatic nitrogens is 4. The van der Waals surface area contributed by atoms with Crippen molar-refractivity contribution < 1.29 is 9.32 Å². The van der Waals surface area contributed by atoms with Gasteiger partial charge in [0.1, 0.15) is 6.04 Å². The van der Waals surface area contributed by atoms with Crippen LogP contribution in [0.1, 0.15) is 75.2 Å². The van der Waals surface area contributed by atoms with E-state index in [2.05, 4.69) is 29.1 Å². The first-order chi connectivity index (χ1) is 12.1. The molecule has 1 amide bonds. The van der Waals surface area contributed by atoms with Crippen LogP contribution in [0.4, 0.5) is 0 Å². The Morgan fingerprint density at radius 1 is 1.44 bits per heavy atom. The van der Waals surface area contributed by atoms with E-state index in [0.717, 1.165) is 43.6 Å². The lowest BCUT2D eigenvalue weighted by molar-refractivity contribution is -0.135. The number of carbonyl (C=O) groups is 1. The third kappa shape index (κ3) is 4.08. The van der Waals surface area contributed by atoms with Crippen LogP contribution in [-0.4, -0.2) is 37.3 Å². The van der Waals surface area contributed by atoms with Crippen LogP contribution in [0.3, 0.4) is 0 Å². The summed E-state index contributed by atoms with van der Waals surface area (Å²) in [6, 6.07) is -0.0829. The van der Waals surface area contributed by atoms with E-state index in [1.54, 1.807) is 4.68 Å². The number of rotatable bonds is 6. The number of likely N-dealkylation sites (tertiary alicyclic amines) is 1. The van der Waals surface area contributed by atoms with E-state index in [4.69, 9.17) is 4.52 Å². The second-order valence-corrected chi connectivity index (χ2v) is 6.92. The first-order valence-electron chi connectivity index (χ1n) is 9.19. The lowest BCUT2D eigenvalue weighted by atomic mass is 10.0. The van der Waals surface area contributed by atoms with Gasteiger partial charge < -0.3 is 9.42 Å². The standard InChI is InChI=1S/C18H27N5O2/c1-4-13(2)17-20-18(25-21-17)15-7-5-6-10-23(15)16(24)9-8-14-11-19-22(3)12-14/h11-13,15H,4-10H2,1-3H3/t13-,15-/m0/s1. The Morgan fingerprint density at radius 3 is 3.00 bits per heavy atom. The maximum Gasteiger partial charge on any atom is 0.249 e. The van der Waals surface area contributed by atoms with Gasteiger partial charge in [-0.25, -0.2) is 0 Å². The predicted molar refractivity (Wildman–Crippen MR) is 92.8 cm³/mol. The minimum atomic E-state index is -0.0829. The van der Waals surface area contributed by atoms with Gasteiger partial charge in [0, 0.05) is 32.1 Å². The van der Waals surface area contributed by atoms with Crippen LogP contribution in [0.2, 0.25) is 0 Å². The van der Waals surface area contributed by atoms with E-state index in [1.165, 1.54) is 0 Å². The summed E-state index contributed by atoms with van der Waals surface area (Å²) in [5.74, 6) is 1.75. The summed E-state index contributed by atoms with van der Waals surface area (Å²) in [5.41, 5.74) is 1.08. The molecule has 0 radical (unpaired) electrons. The molecule has 0 spiro atoms. The molecule has 1 fully saturated rings. The van der Waals surface area contributed by atoms with Crippen LogP contribution < -0.4 is 0 Å². The molecule has 1 aliphatic heterocycles. The molecule has 0 aromatic carbocycles. The van der Waals surface area contributed by atoms with Crippen molar-refractivity contribution >= 4 is 5.91 Å². The van der Waals surface area contributed by atoms with Gasteiger partial charge in [-0.05, 0) is 37.7 Å². The minimum Gasteiger partial charge on any atom is -0.337 e. The quantitative estimate of drug-likeness (QED) is 0.804. The average Bonchev–Trinajstić information content (AvgIpc) is 3.28. The van der Waals surface area contributed by atoms with E-state index in [9.17, 15) is 4.79 Å². The highest BCUT2D eigenvalue weighted by molar-refractivity contribution is 5.77. The highest BCUT2D eigenvalue weighted by atomic mass is 16.5. The van der Waals surface area contributed by atoms with Crippen molar-refractivity contribution in [2.24, 2.45) is 7.05 Å². The number of carbonyl (C=O) groups excluding carboxylic acids is 1. The van der Waals surface area contributed by atoms with E-state index in [-0.39, 0.29) is 17.9 Å². The normalized spacial score (nSPS) is 19.2. The molecule has 7 heteroatoms. The van der Waals surface area contributed by atoms with Gasteiger partial charge in [0.05, 0.1) is 6.20 Å². The fourth-order valence-corrected chi connectivity index (χ4v) is 3.25. The Balaban J connectivity index is 1.67. The summed E-state index contributed by atoms with van der Waals surface area (Å²) >= 11 is 0. The third-order valence-corrected chi connectivity index (χ3v) is 5.00. The number of hydrogen-bond acceptors (Lipinski definition) is 5. The molecule has 0 saturated carbocycles. The predicted octanol–water partition coefficient (Wildman–Crippen LogP) is 3.00. The molecule has 136 valence electrons. The Labute approximate surface area is 148 Å². The van der Waals surface area contributed by atoms with Crippen LogP contribution in [0.15, 0.2) is 16.9 Å². The Morgan fingerprint density at radius 2 is 2.28 bits per heavy atom. The van der Waals surface area contributed by atoms with Gasteiger partial charge in [0.2, 0.25) is 11.8 Å². The number of hydrogen-bond donors (Lipinski definition) is 0. The maximum atomic E-state index is 12.8. The van der Waals surface area contributed by atoms with Crippen LogP contribution in [-0.2, 0) is 18.3 Å². The van der Waals surface area contributed by atoms with E-state index in [1.807, 2.05) is 24.3 Å². The van der Waals surface area contributed by atoms with Gasteiger partial charge in [-0.1, -0.05) is 19.0 Å². The summed E-state index contributed by atoms with van der Waals surface area (Å²) in [5, 5.41) is 8.27. The molecule has 25 heavy (non-hydrogen) atoms. The van der Waals surface area contributed by atoms with Crippen LogP contribution in [0.25, 0.3) is 0 Å². The third-order valence-electron chi connectivity index (χ3n) is 5.00. The molecule has 0 aliphatic carbocycles. The van der Waals surface area contributed by atoms with Gasteiger partial charge in [-0.2, -0.15) is 10.1 Å². The topological polar surface area (TPSA) is 77.0 Å². The van der Waals surface area contributed by atoms with Crippen molar-refractivity contribution in [1.82, 2.24) is 24.8 Å². The molecule has 1 saturated heterocycles. The molecule has 3 rings (SSSR count). The smallest absolute Gasteiger partial charge is 0.249 e. The molecule has 3 heterocycles. The van der Waals surface area contributed by atoms with Crippen molar-refractivity contribution in [2.45, 2.75) is 64.3 Å². The average molecular weight is 345 g/mol. The number of amides is 1. The van der Waals surface area contributed by atoms with Crippen molar-refractivity contribution in [2.75, 3.05) is 6.54 Å². The SMILES string of the molecule is CC[C@H](C)c1noc([C@@H]2CCCCN2C(=O)CCc2cnn(C)c2)n1. The number of piperidine rings is 1. The molecule has 0 unspecified atom stereocenters. The first kappa shape index (κ1) is 17.6. The Kier molecular flexibility index (Phi) is 5.50. The second kappa shape index (κ2) is 7.80. The molecule has 7 nitrogen and oxygen atoms in total. The lowest BCUT2D eigenvalue weighted by Gasteiger charge is -2.33. The summed E-state index contributed by atoms with van der Waals surface area (Å²) in [6.07, 6.45) is 8.93. The van der Waals surface area contributed by atoms with Crippen molar-refractivity contribution in [1.29, 1.82) is 0 Å². The molecular weight excluding hydrogens is 318 g/mol. The molecule has 0 bridgehead atoms. The highest BCUT2D eigenvalue weighted by Crippen LogP contribution is 2.31. The number of nitrogens with zero attached hydrogens (tertiary/aromatic N) is 5. The van der Waals surface area contributed by atoms with E-state index in [0.29, 0.717) is 18.7 Å². The van der Waals surface area contributed by atoms with Gasteiger partial charge in [0.25, 0.3) is 0 Å². The highest BCUT2D eigenvalue weighted by Gasteiger charge is 2.32. The van der Waals surface area contributed by atoms with Crippen molar-refractivity contribution in [3.8, 4) is 0 Å². The van der Waals surface area contributed by atoms with E-state index < -0.39 is 0 Å². The second-order valence-electron chi connectivity index (χ2n) is 6.92. The summed E-state index contributed by atoms with van der Waals surface area (Å²) in [6.45, 7) is 4.96. The zero-order valence-electron chi connectivity index (χ0n) is 15.3. The molecule has 2 atom stereocenters. The first-order valence-corrected chi connectivity index (χ1v) is 9.19. The molecule has 2 aromatic heterocycles. The number of aryl methyl sites for hydroxylation is 2. The monoisotopic (exact) mass is 345 g/mol. The summed E-state index contributed by atoms with van der Waals surface area (Å²) in [7, 11) is 1.89. The van der Waals surface area contributed by atoms with Gasteiger partial charge in [-0.3, -0.25) is 9.48 Å². The Bertz CT molecular complexity index is 708. The van der Waals surface area contributed by atoms with Crippen LogP contribution in [0.5, 0.6) is 0 Å². The molecule has 1 aliphatic rings. The minimum absolute atomic E-state index is 0.0829. The fraction of sp³-hybridized carbons (Fsp3) is 0.667. The maximum absolute atomic E-state index is 12.8. The molecular formula is C18H27N5O2. The fourth-order valence-electron chi connectivity index (χ4n) is 3.25. The van der Waals surface area contributed by atoms with Crippen molar-refractivity contribution in [3.05, 3.63) is 29.7 Å². The largest absolute Gasteiger partial charge is 0.337 e. The lowest BCUT2D eigenvalue weighted by Crippen LogP contribution is -2.38. The molecule has 2 aromatic rings. The van der Waals surface area contributed by atoms with Crippen LogP contribution in [0, 0.1) is 0 Å². The van der Waals surface area contributed by atoms with Gasteiger partial charge >= 0.3 is 0 Å². The van der Waals surface area contributed by atoms with Crippen LogP contribution >= 0.6 is 0 Å². The van der Waals surface area contributed by atoms with Crippen molar-refractivity contribution in [3.63, 3.8) is 0 Å². The zero-order chi connectivity index (χ0) is 17.8. The van der Waals surface area contributed by atoms with Gasteiger partial charge in [-0.15, -0.1) is 0 Å². The molecule has 0 N–H and O–H groups in total.